The molecule has 172 valence electrons. The van der Waals surface area contributed by atoms with Crippen LogP contribution in [-0.4, -0.2) is 28.2 Å². The second-order valence-electron chi connectivity index (χ2n) is 8.17. The van der Waals surface area contributed by atoms with E-state index in [1.54, 1.807) is 31.4 Å². The summed E-state index contributed by atoms with van der Waals surface area (Å²) in [4.78, 5) is 4.82. The third kappa shape index (κ3) is 4.21. The molecule has 5 rings (SSSR count). The lowest BCUT2D eigenvalue weighted by molar-refractivity contribution is 0.414. The van der Waals surface area contributed by atoms with Crippen molar-refractivity contribution in [2.45, 2.75) is 30.4 Å². The summed E-state index contributed by atoms with van der Waals surface area (Å²) in [5.74, 6) is 0.808. The van der Waals surface area contributed by atoms with Crippen molar-refractivity contribution < 1.29 is 13.2 Å². The number of anilines is 3. The van der Waals surface area contributed by atoms with E-state index in [1.165, 1.54) is 6.07 Å². The first-order valence-electron chi connectivity index (χ1n) is 10.6. The van der Waals surface area contributed by atoms with Crippen molar-refractivity contribution in [2.75, 3.05) is 28.2 Å². The van der Waals surface area contributed by atoms with E-state index in [0.717, 1.165) is 42.1 Å². The molecular weight excluding hydrogens is 481 g/mol. The molecule has 0 radical (unpaired) electrons. The second kappa shape index (κ2) is 8.63. The van der Waals surface area contributed by atoms with Gasteiger partial charge in [0.2, 0.25) is 0 Å². The molecule has 6 nitrogen and oxygen atoms in total. The zero-order chi connectivity index (χ0) is 23.2. The zero-order valence-corrected chi connectivity index (χ0v) is 20.3. The number of rotatable bonds is 6. The fourth-order valence-corrected chi connectivity index (χ4v) is 6.04. The van der Waals surface area contributed by atoms with Crippen LogP contribution in [0.15, 0.2) is 65.6 Å². The minimum absolute atomic E-state index is 0.179. The summed E-state index contributed by atoms with van der Waals surface area (Å²) >= 11 is 12.2. The fraction of sp³-hybridized carbons (Fsp3) is 0.250. The highest BCUT2D eigenvalue weighted by Gasteiger charge is 2.39. The molecule has 1 N–H and O–H groups in total. The summed E-state index contributed by atoms with van der Waals surface area (Å²) in [5, 5.41) is 0.684. The highest BCUT2D eigenvalue weighted by molar-refractivity contribution is 7.92. The van der Waals surface area contributed by atoms with Gasteiger partial charge in [-0.3, -0.25) is 4.72 Å². The Labute approximate surface area is 203 Å². The third-order valence-corrected chi connectivity index (χ3v) is 8.07. The van der Waals surface area contributed by atoms with Gasteiger partial charge < -0.3 is 14.5 Å². The first-order chi connectivity index (χ1) is 15.9. The molecule has 0 aliphatic carbocycles. The van der Waals surface area contributed by atoms with Crippen molar-refractivity contribution in [3.05, 3.63) is 76.3 Å². The topological polar surface area (TPSA) is 61.9 Å². The van der Waals surface area contributed by atoms with Gasteiger partial charge in [0.15, 0.2) is 0 Å². The van der Waals surface area contributed by atoms with Gasteiger partial charge in [0, 0.05) is 18.1 Å². The molecule has 1 fully saturated rings. The predicted molar refractivity (Wildman–Crippen MR) is 133 cm³/mol. The Morgan fingerprint density at radius 1 is 1.03 bits per heavy atom. The van der Waals surface area contributed by atoms with E-state index in [4.69, 9.17) is 27.9 Å². The molecule has 0 unspecified atom stereocenters. The Morgan fingerprint density at radius 3 is 2.58 bits per heavy atom. The number of hydrogen-bond acceptors (Lipinski definition) is 5. The maximum Gasteiger partial charge on any atom is 0.262 e. The molecule has 1 saturated heterocycles. The highest BCUT2D eigenvalue weighted by atomic mass is 35.5. The summed E-state index contributed by atoms with van der Waals surface area (Å²) in [6.45, 7) is 1.63. The Hall–Kier alpha value is -2.61. The quantitative estimate of drug-likeness (QED) is 0.463. The SMILES string of the molecule is COc1ccc(CN2c3cc(S(=O)(=O)Nc4cc(Cl)ccc4Cl)ccc3N3CCC[C@H]32)cc1. The molecule has 3 aromatic rings. The maximum atomic E-state index is 13.2. The number of fused-ring (bicyclic) bond motifs is 3. The Bertz CT molecular complexity index is 1300. The normalized spacial score (nSPS) is 17.1. The molecule has 0 saturated carbocycles. The van der Waals surface area contributed by atoms with Crippen LogP contribution in [0, 0.1) is 0 Å². The molecule has 1 atom stereocenters. The van der Waals surface area contributed by atoms with Crippen molar-refractivity contribution in [1.82, 2.24) is 0 Å². The summed E-state index contributed by atoms with van der Waals surface area (Å²) in [6.07, 6.45) is 2.36. The molecule has 2 aliphatic heterocycles. The third-order valence-electron chi connectivity index (χ3n) is 6.14. The first kappa shape index (κ1) is 22.2. The van der Waals surface area contributed by atoms with Gasteiger partial charge in [-0.2, -0.15) is 0 Å². The molecular formula is C24H23Cl2N3O3S. The molecule has 0 bridgehead atoms. The molecule has 3 aromatic carbocycles. The van der Waals surface area contributed by atoms with Crippen LogP contribution in [-0.2, 0) is 16.6 Å². The minimum Gasteiger partial charge on any atom is -0.497 e. The molecule has 0 spiro atoms. The van der Waals surface area contributed by atoms with Crippen LogP contribution in [0.25, 0.3) is 0 Å². The lowest BCUT2D eigenvalue weighted by Gasteiger charge is -2.27. The number of nitrogens with zero attached hydrogens (tertiary/aromatic N) is 2. The number of methoxy groups -OCH3 is 1. The zero-order valence-electron chi connectivity index (χ0n) is 18.0. The largest absolute Gasteiger partial charge is 0.497 e. The minimum atomic E-state index is -3.86. The Kier molecular flexibility index (Phi) is 5.80. The van der Waals surface area contributed by atoms with E-state index < -0.39 is 10.0 Å². The van der Waals surface area contributed by atoms with Crippen molar-refractivity contribution in [1.29, 1.82) is 0 Å². The van der Waals surface area contributed by atoms with E-state index in [0.29, 0.717) is 11.6 Å². The maximum absolute atomic E-state index is 13.2. The van der Waals surface area contributed by atoms with E-state index >= 15 is 0 Å². The van der Waals surface area contributed by atoms with Gasteiger partial charge in [-0.05, 0) is 66.9 Å². The average Bonchev–Trinajstić information content (AvgIpc) is 3.39. The van der Waals surface area contributed by atoms with Crippen LogP contribution in [0.5, 0.6) is 5.75 Å². The number of benzene rings is 3. The Morgan fingerprint density at radius 2 is 1.82 bits per heavy atom. The number of nitrogens with one attached hydrogen (secondary N) is 1. The van der Waals surface area contributed by atoms with Crippen molar-refractivity contribution in [2.24, 2.45) is 0 Å². The summed E-state index contributed by atoms with van der Waals surface area (Å²) < 4.78 is 34.2. The van der Waals surface area contributed by atoms with Crippen molar-refractivity contribution >= 4 is 50.3 Å². The van der Waals surface area contributed by atoms with Gasteiger partial charge in [-0.15, -0.1) is 0 Å². The van der Waals surface area contributed by atoms with Gasteiger partial charge in [0.1, 0.15) is 11.9 Å². The van der Waals surface area contributed by atoms with E-state index in [1.807, 2.05) is 30.3 Å². The van der Waals surface area contributed by atoms with Crippen LogP contribution in [0.1, 0.15) is 18.4 Å². The van der Waals surface area contributed by atoms with Crippen LogP contribution in [0.3, 0.4) is 0 Å². The standard InChI is InChI=1S/C24H23Cl2N3O3S/c1-32-18-7-4-16(5-8-18)15-29-23-14-19(9-11-22(23)28-12-2-3-24(28)29)33(30,31)27-21-13-17(25)6-10-20(21)26/h4-11,13-14,24,27H,2-3,12,15H2,1H3/t24-/m1/s1. The lowest BCUT2D eigenvalue weighted by Crippen LogP contribution is -2.38. The Balaban J connectivity index is 1.48. The number of ether oxygens (including phenoxy) is 1. The molecule has 33 heavy (non-hydrogen) atoms. The van der Waals surface area contributed by atoms with Crippen LogP contribution in [0.4, 0.5) is 17.1 Å². The van der Waals surface area contributed by atoms with Crippen LogP contribution in [0.2, 0.25) is 10.0 Å². The van der Waals surface area contributed by atoms with Gasteiger partial charge in [-0.25, -0.2) is 8.42 Å². The number of sulfonamides is 1. The van der Waals surface area contributed by atoms with Crippen molar-refractivity contribution in [3.63, 3.8) is 0 Å². The summed E-state index contributed by atoms with van der Waals surface area (Å²) in [7, 11) is -2.21. The molecule has 9 heteroatoms. The highest BCUT2D eigenvalue weighted by Crippen LogP contribution is 2.45. The predicted octanol–water partition coefficient (Wildman–Crippen LogP) is 5.75. The van der Waals surface area contributed by atoms with E-state index in [2.05, 4.69) is 14.5 Å². The van der Waals surface area contributed by atoms with Crippen LogP contribution < -0.4 is 19.3 Å². The molecule has 0 aromatic heterocycles. The lowest BCUT2D eigenvalue weighted by atomic mass is 10.1. The molecule has 2 heterocycles. The number of hydrogen-bond donors (Lipinski definition) is 1. The van der Waals surface area contributed by atoms with Gasteiger partial charge >= 0.3 is 0 Å². The van der Waals surface area contributed by atoms with Gasteiger partial charge in [-0.1, -0.05) is 35.3 Å². The van der Waals surface area contributed by atoms with E-state index in [9.17, 15) is 8.42 Å². The van der Waals surface area contributed by atoms with Crippen LogP contribution >= 0.6 is 23.2 Å². The van der Waals surface area contributed by atoms with Gasteiger partial charge in [0.05, 0.1) is 34.1 Å². The first-order valence-corrected chi connectivity index (χ1v) is 12.9. The van der Waals surface area contributed by atoms with Gasteiger partial charge in [0.25, 0.3) is 10.0 Å². The molecule has 2 aliphatic rings. The van der Waals surface area contributed by atoms with Crippen molar-refractivity contribution in [3.8, 4) is 5.75 Å². The number of halogens is 2. The average molecular weight is 504 g/mol. The fourth-order valence-electron chi connectivity index (χ4n) is 4.56. The molecule has 0 amide bonds. The monoisotopic (exact) mass is 503 g/mol. The smallest absolute Gasteiger partial charge is 0.262 e. The van der Waals surface area contributed by atoms with E-state index in [-0.39, 0.29) is 21.8 Å². The second-order valence-corrected chi connectivity index (χ2v) is 10.7. The summed E-state index contributed by atoms with van der Waals surface area (Å²) in [5.41, 5.74) is 3.36. The summed E-state index contributed by atoms with van der Waals surface area (Å²) in [6, 6.07) is 17.9.